The van der Waals surface area contributed by atoms with Crippen LogP contribution in [0.5, 0.6) is 17.2 Å². The number of nitrogens with zero attached hydrogens (tertiary/aromatic N) is 14. The molecule has 31 nitrogen and oxygen atoms in total. The number of nitrogen functional groups attached to an aromatic ring is 3. The lowest BCUT2D eigenvalue weighted by Crippen LogP contribution is -2.34. The van der Waals surface area contributed by atoms with E-state index in [0.29, 0.717) is 122 Å². The molecule has 1 aliphatic carbocycles. The molecule has 4 aliphatic heterocycles. The zero-order chi connectivity index (χ0) is 80.1. The number of halogens is 3. The number of fused-ring (bicyclic) bond motifs is 4. The van der Waals surface area contributed by atoms with Crippen molar-refractivity contribution in [3.05, 3.63) is 171 Å². The molecule has 5 amide bonds. The number of carbonyl (C=O) groups excluding carboxylic acids is 6. The standard InChI is InChI=1S/C27H31ClN8O3.C27H33ClN8O3.C24H23ClN6O3/c1-15-12-32-20(16(2)22(15)39-3)14-36-24-21(23(28)33-27(29)34-24)19(26(36)38)11-18-10-17(13-31-18)25(37)30-6-9-35-7-4-5-8-35;1-6-35(7-2)9-8-30-25(37)17-10-18(31-13-17)11-19-21-23(28)33-27(29)34-24(21)36(26(19)38)14-20-16(4)22(39-5)15(3)12-32-20;1-11-9-27-17(12(2)20(11)34-3)10-31-22-19(21(25)29-24(26)30-22)15(23(31)33)8-13-7-14-16(28-13)5-4-6-18(14)32/h10-13,31H,4-9,14H2,1-3H3,(H,30,37)(H2,29,33,34);10-13,31H,6-9,14H2,1-5H3,(H,30,37)(H2,29,33,34);7-9,28H,4-6,10H2,1-3H3,(H2,26,29,30)/b2*19-11-;15-8-. The summed E-state index contributed by atoms with van der Waals surface area (Å²) in [6, 6.07) is 5.15. The fourth-order valence-corrected chi connectivity index (χ4v) is 15.2. The number of aromatic amines is 3. The number of carbonyl (C=O) groups is 6. The Morgan fingerprint density at radius 1 is 0.536 bits per heavy atom. The number of likely N-dealkylation sites (N-methyl/N-ethyl adjacent to an activating group) is 1. The van der Waals surface area contributed by atoms with Crippen LogP contribution in [0.2, 0.25) is 15.5 Å². The van der Waals surface area contributed by atoms with Gasteiger partial charge in [-0.05, 0) is 130 Å². The van der Waals surface area contributed by atoms with Gasteiger partial charge in [-0.15, -0.1) is 0 Å². The van der Waals surface area contributed by atoms with Crippen molar-refractivity contribution in [2.45, 2.75) is 107 Å². The number of hydrogen-bond acceptors (Lipinski definition) is 23. The molecule has 0 radical (unpaired) electrons. The number of pyridine rings is 3. The number of nitrogens with two attached hydrogens (primary N) is 3. The molecule has 11 N–H and O–H groups in total. The average Bonchev–Trinajstić information content (AvgIpc) is 1.61. The average molecular weight is 1580 g/mol. The first-order chi connectivity index (χ1) is 53.7. The minimum absolute atomic E-state index is 0.0325. The molecule has 584 valence electrons. The van der Waals surface area contributed by atoms with Crippen molar-refractivity contribution in [1.82, 2.24) is 80.2 Å². The van der Waals surface area contributed by atoms with Gasteiger partial charge in [0.2, 0.25) is 17.8 Å². The largest absolute Gasteiger partial charge is 0.496 e. The van der Waals surface area contributed by atoms with Crippen molar-refractivity contribution in [2.24, 2.45) is 0 Å². The van der Waals surface area contributed by atoms with Crippen LogP contribution in [0, 0.1) is 41.5 Å². The number of anilines is 6. The number of ketones is 1. The lowest BCUT2D eigenvalue weighted by atomic mass is 9.97. The topological polar surface area (TPSA) is 412 Å². The Hall–Kier alpha value is -11.6. The summed E-state index contributed by atoms with van der Waals surface area (Å²) in [5.74, 6) is 1.66. The van der Waals surface area contributed by atoms with Crippen molar-refractivity contribution in [1.29, 1.82) is 0 Å². The molecule has 0 spiro atoms. The summed E-state index contributed by atoms with van der Waals surface area (Å²) >= 11 is 19.4. The van der Waals surface area contributed by atoms with Crippen molar-refractivity contribution >= 4 is 140 Å². The van der Waals surface area contributed by atoms with Gasteiger partial charge in [0.25, 0.3) is 29.5 Å². The van der Waals surface area contributed by atoms with E-state index in [4.69, 9.17) is 66.2 Å². The third kappa shape index (κ3) is 16.7. The highest BCUT2D eigenvalue weighted by molar-refractivity contribution is 6.43. The second-order valence-electron chi connectivity index (χ2n) is 27.4. The van der Waals surface area contributed by atoms with E-state index in [1.54, 1.807) is 88.7 Å². The van der Waals surface area contributed by atoms with E-state index in [0.717, 1.165) is 96.9 Å². The van der Waals surface area contributed by atoms with E-state index in [9.17, 15) is 28.8 Å². The Bertz CT molecular complexity index is 5100. The Labute approximate surface area is 661 Å². The molecule has 5 aliphatic rings. The number of aryl methyl sites for hydroxylation is 4. The van der Waals surface area contributed by atoms with Gasteiger partial charge in [0.1, 0.15) is 32.7 Å². The first-order valence-electron chi connectivity index (χ1n) is 36.4. The molecule has 112 heavy (non-hydrogen) atoms. The van der Waals surface area contributed by atoms with Crippen molar-refractivity contribution in [3.8, 4) is 17.2 Å². The zero-order valence-electron chi connectivity index (χ0n) is 64.0. The molecular formula is C78H87Cl3N22O9. The second kappa shape index (κ2) is 34.3. The first-order valence-corrected chi connectivity index (χ1v) is 37.6. The fraction of sp³-hybridized carbons (Fsp3) is 0.346. The highest BCUT2D eigenvalue weighted by Crippen LogP contribution is 2.46. The van der Waals surface area contributed by atoms with E-state index >= 15 is 0 Å². The number of Topliss-reactive ketones (excluding diaryl/α,β-unsaturated/α-hetero) is 1. The maximum atomic E-state index is 13.7. The number of aromatic nitrogens is 12. The SMILES string of the molecule is CCN(CC)CCNC(=O)c1c[nH]c(/C=C2\C(=O)N(Cc3ncc(C)c(OC)c3C)c3nc(N)nc(Cl)c32)c1.COc1c(C)cnc(CN2C(=O)/C(=C\c3cc(C(=O)NCCN4CCCC4)c[nH]3)c3c(Cl)nc(N)nc32)c1C.COc1c(C)cnc(CN2C(=O)/C(=C\c3cc4c([nH]3)CCCC4=O)c3c(Cl)nc(N)nc32)c1C. The third-order valence-electron chi connectivity index (χ3n) is 20.2. The minimum atomic E-state index is -0.340. The molecule has 1 saturated heterocycles. The van der Waals surface area contributed by atoms with Crippen LogP contribution >= 0.6 is 34.8 Å². The van der Waals surface area contributed by atoms with Crippen molar-refractivity contribution in [2.75, 3.05) is 106 Å². The van der Waals surface area contributed by atoms with Gasteiger partial charge in [-0.2, -0.15) is 15.0 Å². The Balaban J connectivity index is 0.000000156. The molecule has 1 fully saturated rings. The van der Waals surface area contributed by atoms with E-state index in [-0.39, 0.29) is 99.4 Å². The van der Waals surface area contributed by atoms with Gasteiger partial charge in [-0.25, -0.2) is 15.0 Å². The highest BCUT2D eigenvalue weighted by Gasteiger charge is 2.41. The third-order valence-corrected chi connectivity index (χ3v) is 21.0. The van der Waals surface area contributed by atoms with E-state index in [2.05, 4.69) is 94.1 Å². The van der Waals surface area contributed by atoms with E-state index in [1.165, 1.54) is 27.5 Å². The number of amides is 5. The molecule has 0 aromatic carbocycles. The number of likely N-dealkylation sites (tertiary alicyclic amines) is 1. The zero-order valence-corrected chi connectivity index (χ0v) is 66.2. The summed E-state index contributed by atoms with van der Waals surface area (Å²) in [7, 11) is 4.80. The van der Waals surface area contributed by atoms with Crippen LogP contribution in [-0.4, -0.2) is 179 Å². The Morgan fingerprint density at radius 3 is 1.29 bits per heavy atom. The molecule has 0 unspecified atom stereocenters. The van der Waals surface area contributed by atoms with Gasteiger partial charge in [-0.1, -0.05) is 48.7 Å². The van der Waals surface area contributed by atoms with Crippen LogP contribution in [0.15, 0.2) is 49.2 Å². The van der Waals surface area contributed by atoms with Crippen LogP contribution < -0.4 is 56.7 Å². The summed E-state index contributed by atoms with van der Waals surface area (Å²) in [5, 5.41) is 6.10. The number of rotatable bonds is 22. The fourth-order valence-electron chi connectivity index (χ4n) is 14.4. The summed E-state index contributed by atoms with van der Waals surface area (Å²) in [4.78, 5) is 136. The highest BCUT2D eigenvalue weighted by atomic mass is 35.5. The van der Waals surface area contributed by atoms with Crippen LogP contribution in [0.25, 0.3) is 34.9 Å². The second-order valence-corrected chi connectivity index (χ2v) is 28.4. The molecule has 13 heterocycles. The van der Waals surface area contributed by atoms with Gasteiger partial charge in [0.05, 0.1) is 103 Å². The van der Waals surface area contributed by atoms with Crippen molar-refractivity contribution in [3.63, 3.8) is 0 Å². The van der Waals surface area contributed by atoms with Crippen LogP contribution in [0.1, 0.15) is 161 Å². The molecule has 9 aromatic rings. The van der Waals surface area contributed by atoms with Crippen molar-refractivity contribution < 1.29 is 43.0 Å². The van der Waals surface area contributed by atoms with Crippen LogP contribution in [-0.2, 0) is 40.4 Å². The van der Waals surface area contributed by atoms with Gasteiger partial charge >= 0.3 is 0 Å². The summed E-state index contributed by atoms with van der Waals surface area (Å²) in [6.45, 7) is 22.7. The lowest BCUT2D eigenvalue weighted by molar-refractivity contribution is -0.113. The molecule has 0 atom stereocenters. The number of H-pyrrole nitrogens is 3. The smallest absolute Gasteiger partial charge is 0.260 e. The predicted octanol–water partition coefficient (Wildman–Crippen LogP) is 9.86. The maximum absolute atomic E-state index is 13.7. The van der Waals surface area contributed by atoms with E-state index < -0.39 is 0 Å². The number of ether oxygens (including phenoxy) is 3. The van der Waals surface area contributed by atoms with Gasteiger partial charge in [0, 0.05) is 125 Å². The van der Waals surface area contributed by atoms with Gasteiger partial charge in [0.15, 0.2) is 23.2 Å². The lowest BCUT2D eigenvalue weighted by Gasteiger charge is -2.19. The normalized spacial score (nSPS) is 15.4. The molecule has 34 heteroatoms. The summed E-state index contributed by atoms with van der Waals surface area (Å²) in [5.41, 5.74) is 31.0. The first kappa shape index (κ1) is 79.9. The maximum Gasteiger partial charge on any atom is 0.260 e. The molecule has 0 saturated carbocycles. The monoisotopic (exact) mass is 1580 g/mol. The molecule has 14 rings (SSSR count). The molecule has 0 bridgehead atoms. The number of nitrogens with one attached hydrogen (secondary N) is 5. The van der Waals surface area contributed by atoms with E-state index in [1.807, 2.05) is 41.5 Å². The molecular weight excluding hydrogens is 1500 g/mol. The number of methoxy groups -OCH3 is 3. The summed E-state index contributed by atoms with van der Waals surface area (Å²) < 4.78 is 16.6. The van der Waals surface area contributed by atoms with Crippen LogP contribution in [0.3, 0.4) is 0 Å². The van der Waals surface area contributed by atoms with Gasteiger partial charge in [-0.3, -0.25) is 58.4 Å². The van der Waals surface area contributed by atoms with Crippen LogP contribution in [0.4, 0.5) is 35.3 Å². The predicted molar refractivity (Wildman–Crippen MR) is 430 cm³/mol. The Morgan fingerprint density at radius 2 is 0.920 bits per heavy atom. The minimum Gasteiger partial charge on any atom is -0.496 e. The van der Waals surface area contributed by atoms with Gasteiger partial charge < -0.3 is 66.8 Å². The number of hydrogen-bond donors (Lipinski definition) is 8. The summed E-state index contributed by atoms with van der Waals surface area (Å²) in [6.07, 6.45) is 17.8. The molecule has 9 aromatic heterocycles. The Kier molecular flexibility index (Phi) is 24.5. The quantitative estimate of drug-likeness (QED) is 0.0231.